The van der Waals surface area contributed by atoms with Crippen molar-refractivity contribution in [2.24, 2.45) is 5.73 Å². The molecular weight excluding hydrogens is 506 g/mol. The van der Waals surface area contributed by atoms with E-state index in [2.05, 4.69) is 134 Å². The number of fused-ring (bicyclic) bond motifs is 7. The first-order valence-corrected chi connectivity index (χ1v) is 14.7. The van der Waals surface area contributed by atoms with Crippen molar-refractivity contribution in [3.63, 3.8) is 0 Å². The van der Waals surface area contributed by atoms with Crippen molar-refractivity contribution in [1.82, 2.24) is 0 Å². The first kappa shape index (κ1) is 23.7. The zero-order valence-electron chi connectivity index (χ0n) is 23.4. The molecule has 0 fully saturated rings. The number of nitrogens with two attached hydrogens (primary N) is 1. The van der Waals surface area contributed by atoms with Crippen molar-refractivity contribution in [3.8, 4) is 22.3 Å². The van der Waals surface area contributed by atoms with Crippen molar-refractivity contribution < 1.29 is 0 Å². The summed E-state index contributed by atoms with van der Waals surface area (Å²) in [5.74, 6) is 0. The van der Waals surface area contributed by atoms with Crippen molar-refractivity contribution in [2.45, 2.75) is 17.9 Å². The molecule has 198 valence electrons. The van der Waals surface area contributed by atoms with Crippen molar-refractivity contribution >= 4 is 21.5 Å². The molecule has 1 heteroatoms. The molecule has 0 saturated heterocycles. The standard InChI is InChI=1S/C41H29N/c1-40(42,30-11-3-2-4-12-30)31-22-19-26(20-23-31)29-21-24-35-33(25-29)32-13-5-6-14-34(32)41(35)36-15-7-9-27-17-18-28-10-8-16-37(41)39(28)38(27)36/h2-25H,42H2,1H3. The summed E-state index contributed by atoms with van der Waals surface area (Å²) in [7, 11) is 0. The predicted molar refractivity (Wildman–Crippen MR) is 175 cm³/mol. The van der Waals surface area contributed by atoms with Crippen LogP contribution in [0.15, 0.2) is 146 Å². The van der Waals surface area contributed by atoms with Gasteiger partial charge in [0.05, 0.1) is 11.0 Å². The molecule has 1 atom stereocenters. The second-order valence-electron chi connectivity index (χ2n) is 12.1. The molecular formula is C41H29N. The Morgan fingerprint density at radius 1 is 0.452 bits per heavy atom. The average molecular weight is 536 g/mol. The van der Waals surface area contributed by atoms with Crippen LogP contribution in [0.4, 0.5) is 0 Å². The Balaban J connectivity index is 1.23. The van der Waals surface area contributed by atoms with Gasteiger partial charge in [0, 0.05) is 0 Å². The topological polar surface area (TPSA) is 26.0 Å². The van der Waals surface area contributed by atoms with Gasteiger partial charge in [-0.25, -0.2) is 0 Å². The molecule has 0 amide bonds. The van der Waals surface area contributed by atoms with E-state index in [4.69, 9.17) is 5.73 Å². The van der Waals surface area contributed by atoms with E-state index in [1.165, 1.54) is 66.1 Å². The van der Waals surface area contributed by atoms with Crippen LogP contribution < -0.4 is 5.73 Å². The Hall–Kier alpha value is -4.98. The fraction of sp³-hybridized carbons (Fsp3) is 0.0732. The van der Waals surface area contributed by atoms with Crippen LogP contribution in [0.3, 0.4) is 0 Å². The smallest absolute Gasteiger partial charge is 0.0725 e. The lowest BCUT2D eigenvalue weighted by atomic mass is 9.70. The summed E-state index contributed by atoms with van der Waals surface area (Å²) in [5.41, 5.74) is 18.8. The maximum atomic E-state index is 6.84. The molecule has 1 spiro atoms. The van der Waals surface area contributed by atoms with E-state index in [1.807, 2.05) is 18.2 Å². The molecule has 0 saturated carbocycles. The molecule has 0 radical (unpaired) electrons. The lowest BCUT2D eigenvalue weighted by molar-refractivity contribution is 0.603. The van der Waals surface area contributed by atoms with Gasteiger partial charge in [0.25, 0.3) is 0 Å². The zero-order valence-corrected chi connectivity index (χ0v) is 23.4. The van der Waals surface area contributed by atoms with Gasteiger partial charge < -0.3 is 5.73 Å². The van der Waals surface area contributed by atoms with Gasteiger partial charge in [0.1, 0.15) is 0 Å². The number of rotatable bonds is 3. The summed E-state index contributed by atoms with van der Waals surface area (Å²) in [5, 5.41) is 5.43. The van der Waals surface area contributed by atoms with E-state index in [0.29, 0.717) is 0 Å². The van der Waals surface area contributed by atoms with Gasteiger partial charge in [-0.3, -0.25) is 0 Å². The summed E-state index contributed by atoms with van der Waals surface area (Å²) >= 11 is 0. The Kier molecular flexibility index (Phi) is 4.67. The van der Waals surface area contributed by atoms with Crippen molar-refractivity contribution in [2.75, 3.05) is 0 Å². The van der Waals surface area contributed by atoms with Gasteiger partial charge >= 0.3 is 0 Å². The first-order valence-electron chi connectivity index (χ1n) is 14.7. The Morgan fingerprint density at radius 3 is 1.69 bits per heavy atom. The van der Waals surface area contributed by atoms with Gasteiger partial charge in [-0.15, -0.1) is 0 Å². The molecule has 0 aromatic heterocycles. The van der Waals surface area contributed by atoms with Gasteiger partial charge in [0.2, 0.25) is 0 Å². The highest BCUT2D eigenvalue weighted by Gasteiger charge is 2.50. The van der Waals surface area contributed by atoms with E-state index in [-0.39, 0.29) is 5.41 Å². The van der Waals surface area contributed by atoms with Gasteiger partial charge in [-0.05, 0) is 90.2 Å². The third-order valence-corrected chi connectivity index (χ3v) is 9.93. The van der Waals surface area contributed by atoms with Gasteiger partial charge in [0.15, 0.2) is 0 Å². The van der Waals surface area contributed by atoms with Crippen LogP contribution in [0, 0.1) is 0 Å². The third-order valence-electron chi connectivity index (χ3n) is 9.93. The summed E-state index contributed by atoms with van der Waals surface area (Å²) in [6, 6.07) is 53.5. The molecule has 9 rings (SSSR count). The molecule has 42 heavy (non-hydrogen) atoms. The summed E-state index contributed by atoms with van der Waals surface area (Å²) in [6.07, 6.45) is 0. The van der Waals surface area contributed by atoms with Crippen LogP contribution in [0.5, 0.6) is 0 Å². The minimum Gasteiger partial charge on any atom is -0.318 e. The highest BCUT2D eigenvalue weighted by atomic mass is 14.7. The van der Waals surface area contributed by atoms with Crippen LogP contribution >= 0.6 is 0 Å². The van der Waals surface area contributed by atoms with E-state index in [0.717, 1.165) is 11.1 Å². The lowest BCUT2D eigenvalue weighted by Crippen LogP contribution is -2.34. The van der Waals surface area contributed by atoms with Crippen LogP contribution in [0.2, 0.25) is 0 Å². The second kappa shape index (κ2) is 8.28. The van der Waals surface area contributed by atoms with Gasteiger partial charge in [-0.2, -0.15) is 0 Å². The molecule has 0 heterocycles. The molecule has 1 nitrogen and oxygen atoms in total. The molecule has 2 aliphatic rings. The summed E-state index contributed by atoms with van der Waals surface area (Å²) in [6.45, 7) is 2.09. The Bertz CT molecular complexity index is 2140. The van der Waals surface area contributed by atoms with Gasteiger partial charge in [-0.1, -0.05) is 140 Å². The number of hydrogen-bond acceptors (Lipinski definition) is 1. The average Bonchev–Trinajstić information content (AvgIpc) is 3.52. The Morgan fingerprint density at radius 2 is 1.00 bits per heavy atom. The quantitative estimate of drug-likeness (QED) is 0.224. The van der Waals surface area contributed by atoms with Crippen molar-refractivity contribution in [1.29, 1.82) is 0 Å². The minimum atomic E-state index is -0.553. The second-order valence-corrected chi connectivity index (χ2v) is 12.1. The highest BCUT2D eigenvalue weighted by Crippen LogP contribution is 2.62. The first-order chi connectivity index (χ1) is 20.6. The normalized spacial score (nSPS) is 15.3. The minimum absolute atomic E-state index is 0.311. The SMILES string of the molecule is CC(N)(c1ccccc1)c1ccc(-c2ccc3c(c2)-c2ccccc2C32c3cccc4ccc5cccc2c5c34)cc1. The highest BCUT2D eigenvalue weighted by molar-refractivity contribution is 6.17. The van der Waals surface area contributed by atoms with Crippen LogP contribution in [-0.4, -0.2) is 0 Å². The molecule has 0 aliphatic heterocycles. The zero-order chi connectivity index (χ0) is 28.1. The van der Waals surface area contributed by atoms with Crippen LogP contribution in [0.1, 0.15) is 40.3 Å². The third kappa shape index (κ3) is 2.91. The summed E-state index contributed by atoms with van der Waals surface area (Å²) in [4.78, 5) is 0. The monoisotopic (exact) mass is 535 g/mol. The largest absolute Gasteiger partial charge is 0.318 e. The molecule has 0 bridgehead atoms. The maximum absolute atomic E-state index is 6.84. The lowest BCUT2D eigenvalue weighted by Gasteiger charge is -2.31. The number of benzene rings is 7. The van der Waals surface area contributed by atoms with Crippen LogP contribution in [-0.2, 0) is 11.0 Å². The molecule has 2 aliphatic carbocycles. The molecule has 7 aromatic carbocycles. The van der Waals surface area contributed by atoms with Crippen molar-refractivity contribution in [3.05, 3.63) is 179 Å². The van der Waals surface area contributed by atoms with E-state index >= 15 is 0 Å². The summed E-state index contributed by atoms with van der Waals surface area (Å²) < 4.78 is 0. The predicted octanol–water partition coefficient (Wildman–Crippen LogP) is 9.56. The fourth-order valence-corrected chi connectivity index (χ4v) is 7.93. The van der Waals surface area contributed by atoms with Crippen LogP contribution in [0.25, 0.3) is 43.8 Å². The number of hydrogen-bond donors (Lipinski definition) is 1. The fourth-order valence-electron chi connectivity index (χ4n) is 7.93. The van der Waals surface area contributed by atoms with E-state index in [1.54, 1.807) is 0 Å². The van der Waals surface area contributed by atoms with E-state index in [9.17, 15) is 0 Å². The maximum Gasteiger partial charge on any atom is 0.0725 e. The van der Waals surface area contributed by atoms with E-state index < -0.39 is 5.54 Å². The molecule has 2 N–H and O–H groups in total. The molecule has 7 aromatic rings. The Labute approximate surface area is 245 Å². The molecule has 1 unspecified atom stereocenters.